The molecule has 2 saturated heterocycles. The third kappa shape index (κ3) is 7.23. The number of hydrogen-bond donors (Lipinski definition) is 2. The summed E-state index contributed by atoms with van der Waals surface area (Å²) in [7, 11) is 3.76. The van der Waals surface area contributed by atoms with Gasteiger partial charge < -0.3 is 25.1 Å². The average molecular weight is 633 g/mol. The zero-order chi connectivity index (χ0) is 32.9. The highest BCUT2D eigenvalue weighted by atomic mass is 16.3. The second-order valence-corrected chi connectivity index (χ2v) is 12.2. The molecule has 2 N–H and O–H groups in total. The van der Waals surface area contributed by atoms with Crippen LogP contribution in [-0.4, -0.2) is 82.2 Å². The number of rotatable bonds is 9. The average Bonchev–Trinajstić information content (AvgIpc) is 3.07. The van der Waals surface area contributed by atoms with Gasteiger partial charge in [-0.3, -0.25) is 9.59 Å². The highest BCUT2D eigenvalue weighted by Gasteiger charge is 2.50. The van der Waals surface area contributed by atoms with E-state index in [-0.39, 0.29) is 43.1 Å². The normalized spacial score (nSPS) is 18.2. The minimum Gasteiger partial charge on any atom is -0.508 e. The summed E-state index contributed by atoms with van der Waals surface area (Å²) >= 11 is 0. The van der Waals surface area contributed by atoms with Crippen molar-refractivity contribution in [2.45, 2.75) is 38.3 Å². The Hall–Kier alpha value is -5.35. The number of phenols is 1. The van der Waals surface area contributed by atoms with Crippen LogP contribution < -0.4 is 10.2 Å². The lowest BCUT2D eigenvalue weighted by atomic mass is 9.98. The van der Waals surface area contributed by atoms with Crippen LogP contribution in [0.1, 0.15) is 22.3 Å². The number of phenolic OH excluding ortho intramolecular Hbond substituents is 1. The molecule has 2 aliphatic rings. The number of carbonyl (C=O) groups excluding carboxylic acids is 3. The molecule has 2 aliphatic heterocycles. The second-order valence-electron chi connectivity index (χ2n) is 12.2. The number of fused-ring (bicyclic) bond motifs is 1. The van der Waals surface area contributed by atoms with Crippen LogP contribution in [0.3, 0.4) is 0 Å². The molecule has 4 aromatic rings. The van der Waals surface area contributed by atoms with Gasteiger partial charge in [-0.15, -0.1) is 0 Å². The van der Waals surface area contributed by atoms with Crippen LogP contribution in [0.15, 0.2) is 109 Å². The van der Waals surface area contributed by atoms with Crippen LogP contribution in [0.4, 0.5) is 10.5 Å². The number of carbonyl (C=O) groups is 3. The monoisotopic (exact) mass is 632 g/mol. The zero-order valence-corrected chi connectivity index (χ0v) is 26.7. The van der Waals surface area contributed by atoms with E-state index in [1.54, 1.807) is 51.1 Å². The maximum Gasteiger partial charge on any atom is 0.334 e. The number of hydrogen-bond acceptors (Lipinski definition) is 6. The molecule has 10 nitrogen and oxygen atoms in total. The van der Waals surface area contributed by atoms with Crippen LogP contribution in [0.25, 0.3) is 0 Å². The Morgan fingerprint density at radius 3 is 2.21 bits per heavy atom. The summed E-state index contributed by atoms with van der Waals surface area (Å²) in [6, 6.07) is 33.5. The molecule has 0 radical (unpaired) electrons. The third-order valence-electron chi connectivity index (χ3n) is 8.79. The summed E-state index contributed by atoms with van der Waals surface area (Å²) in [4.78, 5) is 47.2. The van der Waals surface area contributed by atoms with Crippen molar-refractivity contribution in [1.82, 2.24) is 25.1 Å². The van der Waals surface area contributed by atoms with Gasteiger partial charge in [0, 0.05) is 45.8 Å². The topological polar surface area (TPSA) is 99.7 Å². The Bertz CT molecular complexity index is 1700. The number of nitrogens with one attached hydrogen (secondary N) is 1. The van der Waals surface area contributed by atoms with Gasteiger partial charge in [0.2, 0.25) is 11.8 Å². The van der Waals surface area contributed by atoms with E-state index >= 15 is 0 Å². The van der Waals surface area contributed by atoms with E-state index in [9.17, 15) is 19.5 Å². The predicted octanol–water partition coefficient (Wildman–Crippen LogP) is 4.21. The van der Waals surface area contributed by atoms with Crippen molar-refractivity contribution in [1.29, 1.82) is 0 Å². The van der Waals surface area contributed by atoms with E-state index in [0.29, 0.717) is 13.1 Å². The van der Waals surface area contributed by atoms with Gasteiger partial charge in [-0.05, 0) is 46.5 Å². The number of anilines is 1. The van der Waals surface area contributed by atoms with Gasteiger partial charge in [0.05, 0.1) is 13.1 Å². The number of likely N-dealkylation sites (N-methyl/N-ethyl adjacent to an activating group) is 1. The predicted molar refractivity (Wildman–Crippen MR) is 180 cm³/mol. The molecule has 0 spiro atoms. The molecule has 0 bridgehead atoms. The maximum atomic E-state index is 14.3. The molecule has 2 fully saturated rings. The summed E-state index contributed by atoms with van der Waals surface area (Å²) in [5.74, 6) is -0.275. The first kappa shape index (κ1) is 31.6. The van der Waals surface area contributed by atoms with E-state index in [2.05, 4.69) is 28.4 Å². The van der Waals surface area contributed by atoms with E-state index in [1.807, 2.05) is 73.8 Å². The number of hydrazine groups is 1. The Morgan fingerprint density at radius 1 is 0.851 bits per heavy atom. The molecule has 2 heterocycles. The lowest BCUT2D eigenvalue weighted by molar-refractivity contribution is -0.187. The van der Waals surface area contributed by atoms with Gasteiger partial charge in [-0.1, -0.05) is 84.9 Å². The number of amides is 4. The van der Waals surface area contributed by atoms with Crippen molar-refractivity contribution >= 4 is 23.5 Å². The first-order valence-corrected chi connectivity index (χ1v) is 15.8. The summed E-state index contributed by atoms with van der Waals surface area (Å²) in [6.45, 7) is 1.50. The first-order chi connectivity index (χ1) is 22.8. The van der Waals surface area contributed by atoms with E-state index < -0.39 is 12.2 Å². The van der Waals surface area contributed by atoms with E-state index in [0.717, 1.165) is 28.9 Å². The van der Waals surface area contributed by atoms with Crippen LogP contribution >= 0.6 is 0 Å². The summed E-state index contributed by atoms with van der Waals surface area (Å²) in [5, 5.41) is 16.1. The molecule has 4 amide bonds. The molecular weight excluding hydrogens is 592 g/mol. The van der Waals surface area contributed by atoms with Gasteiger partial charge in [0.15, 0.2) is 0 Å². The number of piperazine rings is 1. The molecule has 2 atom stereocenters. The van der Waals surface area contributed by atoms with E-state index in [4.69, 9.17) is 0 Å². The lowest BCUT2D eigenvalue weighted by Crippen LogP contribution is -2.76. The summed E-state index contributed by atoms with van der Waals surface area (Å²) in [5.41, 5.74) is 4.92. The highest BCUT2D eigenvalue weighted by Crippen LogP contribution is 2.29. The summed E-state index contributed by atoms with van der Waals surface area (Å²) < 4.78 is 0. The van der Waals surface area contributed by atoms with Gasteiger partial charge in [-0.2, -0.15) is 0 Å². The molecule has 0 aromatic heterocycles. The largest absolute Gasteiger partial charge is 0.508 e. The molecule has 47 heavy (non-hydrogen) atoms. The van der Waals surface area contributed by atoms with Gasteiger partial charge in [0.25, 0.3) is 0 Å². The Kier molecular flexibility index (Phi) is 9.40. The Morgan fingerprint density at radius 2 is 1.51 bits per heavy atom. The minimum atomic E-state index is -0.826. The molecule has 4 aromatic carbocycles. The van der Waals surface area contributed by atoms with Gasteiger partial charge in [0.1, 0.15) is 18.0 Å². The van der Waals surface area contributed by atoms with Crippen molar-refractivity contribution in [3.05, 3.63) is 131 Å². The number of urea groups is 1. The fraction of sp³-hybridized carbons (Fsp3) is 0.270. The van der Waals surface area contributed by atoms with Crippen molar-refractivity contribution in [3.8, 4) is 5.75 Å². The van der Waals surface area contributed by atoms with Crippen LogP contribution in [0, 0.1) is 0 Å². The first-order valence-electron chi connectivity index (χ1n) is 15.8. The number of benzene rings is 4. The zero-order valence-electron chi connectivity index (χ0n) is 26.7. The highest BCUT2D eigenvalue weighted by molar-refractivity contribution is 5.91. The van der Waals surface area contributed by atoms with Gasteiger partial charge >= 0.3 is 6.03 Å². The smallest absolute Gasteiger partial charge is 0.334 e. The molecule has 6 rings (SSSR count). The standard InChI is InChI=1S/C37H40N6O4/c1-39(23-29-12-7-4-8-13-29)31-15-9-14-30(20-31)24-41-25-34-42(33(36(41)46)21-27-16-18-32(44)19-17-27)35(45)26-40(2)43(34)37(47)38-22-28-10-5-3-6-11-28/h3-20,33-34,44H,21-26H2,1-2H3,(H,38,47)/t33-,34-/m0/s1. The van der Waals surface area contributed by atoms with Gasteiger partial charge in [-0.25, -0.2) is 14.8 Å². The van der Waals surface area contributed by atoms with Crippen molar-refractivity contribution in [2.24, 2.45) is 0 Å². The fourth-order valence-corrected chi connectivity index (χ4v) is 6.42. The van der Waals surface area contributed by atoms with Crippen molar-refractivity contribution in [2.75, 3.05) is 32.1 Å². The maximum absolute atomic E-state index is 14.3. The quantitative estimate of drug-likeness (QED) is 0.287. The molecule has 10 heteroatoms. The SMILES string of the molecule is CN(Cc1ccccc1)c1cccc(CN2C[C@H]3N(C(=O)CN(C)N3C(=O)NCc3ccccc3)[C@@H](Cc3ccc(O)cc3)C2=O)c1. The molecule has 0 saturated carbocycles. The Labute approximate surface area is 275 Å². The number of nitrogens with zero attached hydrogens (tertiary/aromatic N) is 5. The third-order valence-corrected chi connectivity index (χ3v) is 8.79. The minimum absolute atomic E-state index is 0.0373. The second kappa shape index (κ2) is 14.0. The van der Waals surface area contributed by atoms with Crippen LogP contribution in [-0.2, 0) is 35.6 Å². The molecule has 242 valence electrons. The van der Waals surface area contributed by atoms with Crippen LogP contribution in [0.5, 0.6) is 5.75 Å². The number of aromatic hydroxyl groups is 1. The van der Waals surface area contributed by atoms with Crippen molar-refractivity contribution < 1.29 is 19.5 Å². The van der Waals surface area contributed by atoms with E-state index in [1.165, 1.54) is 5.56 Å². The molecular formula is C37H40N6O4. The molecule has 0 unspecified atom stereocenters. The lowest BCUT2D eigenvalue weighted by Gasteiger charge is -2.54. The fourth-order valence-electron chi connectivity index (χ4n) is 6.42. The molecule has 0 aliphatic carbocycles. The van der Waals surface area contributed by atoms with Crippen LogP contribution in [0.2, 0.25) is 0 Å². The summed E-state index contributed by atoms with van der Waals surface area (Å²) in [6.07, 6.45) is -0.457. The van der Waals surface area contributed by atoms with Crippen molar-refractivity contribution in [3.63, 3.8) is 0 Å². The Balaban J connectivity index is 1.28.